The highest BCUT2D eigenvalue weighted by Crippen LogP contribution is 2.26. The number of fused-ring (bicyclic) bond motifs is 1. The molecule has 2 aromatic carbocycles. The normalized spacial score (nSPS) is 15.8. The number of para-hydroxylation sites is 1. The van der Waals surface area contributed by atoms with Gasteiger partial charge in [0.2, 0.25) is 11.8 Å². The molecule has 0 radical (unpaired) electrons. The summed E-state index contributed by atoms with van der Waals surface area (Å²) in [7, 11) is 0. The van der Waals surface area contributed by atoms with E-state index in [-0.39, 0.29) is 17.7 Å². The number of anilines is 1. The van der Waals surface area contributed by atoms with Crippen LogP contribution in [0.25, 0.3) is 6.08 Å². The van der Waals surface area contributed by atoms with Gasteiger partial charge in [0.25, 0.3) is 0 Å². The molecule has 1 unspecified atom stereocenters. The monoisotopic (exact) mass is 350 g/mol. The van der Waals surface area contributed by atoms with Gasteiger partial charge in [-0.1, -0.05) is 30.3 Å². The molecule has 2 aromatic rings. The van der Waals surface area contributed by atoms with Crippen molar-refractivity contribution in [1.82, 2.24) is 5.32 Å². The second-order valence-electron chi connectivity index (χ2n) is 6.37. The van der Waals surface area contributed by atoms with Crippen molar-refractivity contribution in [1.29, 1.82) is 0 Å². The van der Waals surface area contributed by atoms with Crippen LogP contribution in [0.3, 0.4) is 0 Å². The van der Waals surface area contributed by atoms with Gasteiger partial charge in [-0.05, 0) is 41.8 Å². The number of benzene rings is 2. The third-order valence-corrected chi connectivity index (χ3v) is 4.18. The molecule has 1 heterocycles. The van der Waals surface area contributed by atoms with Crippen LogP contribution in [0.5, 0.6) is 5.75 Å². The zero-order valence-corrected chi connectivity index (χ0v) is 14.7. The van der Waals surface area contributed by atoms with Crippen LogP contribution in [0.15, 0.2) is 54.6 Å². The zero-order valence-electron chi connectivity index (χ0n) is 14.7. The van der Waals surface area contributed by atoms with Gasteiger partial charge in [0.15, 0.2) is 0 Å². The summed E-state index contributed by atoms with van der Waals surface area (Å²) in [4.78, 5) is 23.0. The molecule has 26 heavy (non-hydrogen) atoms. The lowest BCUT2D eigenvalue weighted by Crippen LogP contribution is -2.33. The summed E-state index contributed by atoms with van der Waals surface area (Å²) in [5.74, 6) is 0.980. The van der Waals surface area contributed by atoms with Crippen LogP contribution in [-0.2, 0) is 16.0 Å². The summed E-state index contributed by atoms with van der Waals surface area (Å²) < 4.78 is 5.74. The van der Waals surface area contributed by atoms with Crippen molar-refractivity contribution in [3.05, 3.63) is 65.7 Å². The molecule has 0 aliphatic carbocycles. The number of rotatable bonds is 5. The van der Waals surface area contributed by atoms with Gasteiger partial charge in [0, 0.05) is 31.1 Å². The first-order chi connectivity index (χ1) is 12.6. The Labute approximate surface area is 153 Å². The van der Waals surface area contributed by atoms with Crippen molar-refractivity contribution in [2.24, 2.45) is 5.92 Å². The van der Waals surface area contributed by atoms with Crippen LogP contribution < -0.4 is 15.4 Å². The smallest absolute Gasteiger partial charge is 0.244 e. The standard InChI is InChI=1S/C21H22N2O3/c1-15(24)23-19-9-6-16(7-10-19)8-11-21(25)22-13-17-12-18-4-2-3-5-20(18)26-14-17/h2-11,17H,12-14H2,1H3,(H,22,25)(H,23,24)/b11-8+. The van der Waals surface area contributed by atoms with Gasteiger partial charge < -0.3 is 15.4 Å². The minimum absolute atomic E-state index is 0.109. The lowest BCUT2D eigenvalue weighted by molar-refractivity contribution is -0.116. The Hall–Kier alpha value is -3.08. The van der Waals surface area contributed by atoms with Gasteiger partial charge in [0.05, 0.1) is 6.61 Å². The van der Waals surface area contributed by atoms with E-state index in [1.165, 1.54) is 18.6 Å². The van der Waals surface area contributed by atoms with Crippen LogP contribution in [0.4, 0.5) is 5.69 Å². The van der Waals surface area contributed by atoms with Gasteiger partial charge in [-0.3, -0.25) is 9.59 Å². The molecule has 0 bridgehead atoms. The first kappa shape index (κ1) is 17.7. The van der Waals surface area contributed by atoms with Crippen molar-refractivity contribution in [2.75, 3.05) is 18.5 Å². The number of hydrogen-bond acceptors (Lipinski definition) is 3. The number of amides is 2. The molecule has 2 amide bonds. The van der Waals surface area contributed by atoms with Crippen LogP contribution in [0.1, 0.15) is 18.1 Å². The molecular weight excluding hydrogens is 328 g/mol. The van der Waals surface area contributed by atoms with Crippen LogP contribution in [0, 0.1) is 5.92 Å². The van der Waals surface area contributed by atoms with Gasteiger partial charge >= 0.3 is 0 Å². The minimum atomic E-state index is -0.130. The highest BCUT2D eigenvalue weighted by molar-refractivity contribution is 5.92. The lowest BCUT2D eigenvalue weighted by Gasteiger charge is -2.25. The van der Waals surface area contributed by atoms with Gasteiger partial charge in [-0.15, -0.1) is 0 Å². The molecule has 5 nitrogen and oxygen atoms in total. The molecule has 134 valence electrons. The van der Waals surface area contributed by atoms with E-state index in [4.69, 9.17) is 4.74 Å². The second kappa shape index (κ2) is 8.34. The largest absolute Gasteiger partial charge is 0.493 e. The average molecular weight is 350 g/mol. The molecule has 0 spiro atoms. The predicted molar refractivity (Wildman–Crippen MR) is 102 cm³/mol. The number of ether oxygens (including phenoxy) is 1. The number of nitrogens with one attached hydrogen (secondary N) is 2. The molecule has 0 aromatic heterocycles. The van der Waals surface area contributed by atoms with E-state index in [9.17, 15) is 9.59 Å². The maximum atomic E-state index is 12.0. The first-order valence-corrected chi connectivity index (χ1v) is 8.64. The van der Waals surface area contributed by atoms with Crippen molar-refractivity contribution in [2.45, 2.75) is 13.3 Å². The van der Waals surface area contributed by atoms with E-state index in [0.29, 0.717) is 13.2 Å². The van der Waals surface area contributed by atoms with Gasteiger partial charge in [-0.2, -0.15) is 0 Å². The number of carbonyl (C=O) groups excluding carboxylic acids is 2. The molecule has 1 aliphatic rings. The summed E-state index contributed by atoms with van der Waals surface area (Å²) in [5, 5.41) is 5.63. The first-order valence-electron chi connectivity index (χ1n) is 8.64. The summed E-state index contributed by atoms with van der Waals surface area (Å²) in [6.07, 6.45) is 4.18. The molecule has 5 heteroatoms. The molecular formula is C21H22N2O3. The predicted octanol–water partition coefficient (Wildman–Crippen LogP) is 3.03. The Morgan fingerprint density at radius 2 is 1.92 bits per heavy atom. The highest BCUT2D eigenvalue weighted by Gasteiger charge is 2.19. The van der Waals surface area contributed by atoms with Crippen molar-refractivity contribution in [3.8, 4) is 5.75 Å². The maximum Gasteiger partial charge on any atom is 0.244 e. The molecule has 2 N–H and O–H groups in total. The molecule has 1 atom stereocenters. The Morgan fingerprint density at radius 3 is 2.69 bits per heavy atom. The third kappa shape index (κ3) is 4.96. The van der Waals surface area contributed by atoms with Crippen molar-refractivity contribution >= 4 is 23.6 Å². The highest BCUT2D eigenvalue weighted by atomic mass is 16.5. The summed E-state index contributed by atoms with van der Waals surface area (Å²) in [5.41, 5.74) is 2.81. The molecule has 0 saturated carbocycles. The van der Waals surface area contributed by atoms with E-state index in [1.807, 2.05) is 30.3 Å². The fourth-order valence-corrected chi connectivity index (χ4v) is 2.88. The third-order valence-electron chi connectivity index (χ3n) is 4.18. The molecule has 0 saturated heterocycles. The zero-order chi connectivity index (χ0) is 18.4. The maximum absolute atomic E-state index is 12.0. The Morgan fingerprint density at radius 1 is 1.15 bits per heavy atom. The summed E-state index contributed by atoms with van der Waals surface area (Å²) >= 11 is 0. The SMILES string of the molecule is CC(=O)Nc1ccc(/C=C/C(=O)NCC2COc3ccccc3C2)cc1. The van der Waals surface area contributed by atoms with E-state index in [2.05, 4.69) is 16.7 Å². The van der Waals surface area contributed by atoms with E-state index >= 15 is 0 Å². The Balaban J connectivity index is 1.47. The van der Waals surface area contributed by atoms with E-state index in [1.54, 1.807) is 18.2 Å². The summed E-state index contributed by atoms with van der Waals surface area (Å²) in [6.45, 7) is 2.67. The second-order valence-corrected chi connectivity index (χ2v) is 6.37. The molecule has 3 rings (SSSR count). The van der Waals surface area contributed by atoms with E-state index < -0.39 is 0 Å². The number of hydrogen-bond donors (Lipinski definition) is 2. The minimum Gasteiger partial charge on any atom is -0.493 e. The van der Waals surface area contributed by atoms with Crippen LogP contribution in [-0.4, -0.2) is 25.0 Å². The van der Waals surface area contributed by atoms with Gasteiger partial charge in [0.1, 0.15) is 5.75 Å². The average Bonchev–Trinajstić information content (AvgIpc) is 2.65. The summed E-state index contributed by atoms with van der Waals surface area (Å²) in [6, 6.07) is 15.3. The van der Waals surface area contributed by atoms with Gasteiger partial charge in [-0.25, -0.2) is 0 Å². The Kier molecular flexibility index (Phi) is 5.69. The molecule has 1 aliphatic heterocycles. The van der Waals surface area contributed by atoms with Crippen LogP contribution >= 0.6 is 0 Å². The number of carbonyl (C=O) groups is 2. The Bertz CT molecular complexity index is 812. The van der Waals surface area contributed by atoms with Crippen molar-refractivity contribution < 1.29 is 14.3 Å². The topological polar surface area (TPSA) is 67.4 Å². The van der Waals surface area contributed by atoms with Crippen LogP contribution in [0.2, 0.25) is 0 Å². The van der Waals surface area contributed by atoms with Crippen molar-refractivity contribution in [3.63, 3.8) is 0 Å². The fraction of sp³-hybridized carbons (Fsp3) is 0.238. The molecule has 0 fully saturated rings. The quantitative estimate of drug-likeness (QED) is 0.815. The fourth-order valence-electron chi connectivity index (χ4n) is 2.88. The lowest BCUT2D eigenvalue weighted by atomic mass is 9.97. The van der Waals surface area contributed by atoms with E-state index in [0.717, 1.165) is 23.4 Å².